The van der Waals surface area contributed by atoms with E-state index < -0.39 is 9.85 Å². The zero-order valence-electron chi connectivity index (χ0n) is 13.3. The predicted octanol–water partition coefficient (Wildman–Crippen LogP) is 5.81. The lowest BCUT2D eigenvalue weighted by Crippen LogP contribution is -1.97. The van der Waals surface area contributed by atoms with E-state index >= 15 is 0 Å². The lowest BCUT2D eigenvalue weighted by Gasteiger charge is -2.08. The Kier molecular flexibility index (Phi) is 5.55. The van der Waals surface area contributed by atoms with E-state index in [4.69, 9.17) is 0 Å². The Labute approximate surface area is 157 Å². The molecule has 0 saturated heterocycles. The summed E-state index contributed by atoms with van der Waals surface area (Å²) in [5, 5.41) is 22.8. The Bertz CT molecular complexity index is 875. The van der Waals surface area contributed by atoms with E-state index in [9.17, 15) is 20.2 Å². The smallest absolute Gasteiger partial charge is 0.258 e. The molecule has 3 rings (SSSR count). The molecule has 0 amide bonds. The molecular weight excluding hydrogens is 372 g/mol. The number of hydrogen-bond acceptors (Lipinski definition) is 6. The highest BCUT2D eigenvalue weighted by Crippen LogP contribution is 2.43. The molecule has 0 atom stereocenters. The molecule has 3 aromatic rings. The number of nitro groups is 2. The van der Waals surface area contributed by atoms with Crippen molar-refractivity contribution in [2.24, 2.45) is 0 Å². The first kappa shape index (κ1) is 18.0. The van der Waals surface area contributed by atoms with Crippen LogP contribution in [0.5, 0.6) is 0 Å². The van der Waals surface area contributed by atoms with Gasteiger partial charge in [-0.25, -0.2) is 0 Å². The first-order chi connectivity index (χ1) is 12.5. The summed E-state index contributed by atoms with van der Waals surface area (Å²) in [5.41, 5.74) is -0.550. The second-order valence-electron chi connectivity index (χ2n) is 5.13. The largest absolute Gasteiger partial charge is 0.290 e. The Morgan fingerprint density at radius 3 is 1.35 bits per heavy atom. The van der Waals surface area contributed by atoms with Gasteiger partial charge in [0.05, 0.1) is 25.7 Å². The summed E-state index contributed by atoms with van der Waals surface area (Å²) in [7, 11) is 0. The molecule has 0 N–H and O–H groups in total. The molecule has 6 nitrogen and oxygen atoms in total. The minimum atomic E-state index is -0.588. The molecule has 0 saturated carbocycles. The van der Waals surface area contributed by atoms with E-state index in [1.54, 1.807) is 0 Å². The Morgan fingerprint density at radius 2 is 1.00 bits per heavy atom. The van der Waals surface area contributed by atoms with Crippen LogP contribution in [0.25, 0.3) is 0 Å². The zero-order chi connectivity index (χ0) is 18.5. The van der Waals surface area contributed by atoms with Crippen molar-refractivity contribution in [1.82, 2.24) is 0 Å². The number of nitro benzene ring substituents is 2. The molecule has 8 heteroatoms. The van der Waals surface area contributed by atoms with Crippen LogP contribution < -0.4 is 0 Å². The van der Waals surface area contributed by atoms with Crippen molar-refractivity contribution in [2.45, 2.75) is 19.6 Å². The van der Waals surface area contributed by atoms with E-state index in [2.05, 4.69) is 0 Å². The monoisotopic (exact) mass is 384 g/mol. The van der Waals surface area contributed by atoms with Gasteiger partial charge < -0.3 is 0 Å². The van der Waals surface area contributed by atoms with Crippen LogP contribution in [0, 0.1) is 20.2 Å². The van der Waals surface area contributed by atoms with Gasteiger partial charge >= 0.3 is 0 Å². The minimum Gasteiger partial charge on any atom is -0.258 e. The van der Waals surface area contributed by atoms with Crippen molar-refractivity contribution in [1.29, 1.82) is 0 Å². The number of nitrogens with zero attached hydrogens (tertiary/aromatic N) is 2. The van der Waals surface area contributed by atoms with Gasteiger partial charge in [0.1, 0.15) is 0 Å². The molecule has 130 valence electrons. The van der Waals surface area contributed by atoms with E-state index in [1.165, 1.54) is 29.6 Å². The maximum Gasteiger partial charge on any atom is 0.290 e. The normalized spacial score (nSPS) is 10.5. The van der Waals surface area contributed by atoms with Gasteiger partial charge in [-0.1, -0.05) is 59.9 Å². The highest BCUT2D eigenvalue weighted by Gasteiger charge is 2.25. The van der Waals surface area contributed by atoms with Gasteiger partial charge in [-0.3, -0.25) is 20.2 Å². The van der Waals surface area contributed by atoms with Crippen molar-refractivity contribution >= 4 is 34.9 Å². The van der Waals surface area contributed by atoms with E-state index in [1.807, 2.05) is 60.7 Å². The third-order valence-corrected chi connectivity index (χ3v) is 5.49. The van der Waals surface area contributed by atoms with Crippen molar-refractivity contribution < 1.29 is 9.85 Å². The molecule has 0 aliphatic heterocycles. The van der Waals surface area contributed by atoms with Crippen molar-refractivity contribution in [3.8, 4) is 0 Å². The second kappa shape index (κ2) is 8.03. The van der Waals surface area contributed by atoms with Crippen LogP contribution in [0.4, 0.5) is 11.4 Å². The van der Waals surface area contributed by atoms with Gasteiger partial charge in [0.2, 0.25) is 0 Å². The van der Waals surface area contributed by atoms with E-state index in [0.29, 0.717) is 9.79 Å². The highest BCUT2D eigenvalue weighted by molar-refractivity contribution is 8.00. The molecule has 0 aliphatic carbocycles. The summed E-state index contributed by atoms with van der Waals surface area (Å²) < 4.78 is 0. The Hall–Kier alpha value is -2.84. The Balaban J connectivity index is 2.08. The van der Waals surface area contributed by atoms with Gasteiger partial charge in [-0.05, 0) is 30.3 Å². The fraction of sp³-hybridized carbons (Fsp3) is 0. The average Bonchev–Trinajstić information content (AvgIpc) is 2.63. The molecular formula is C18H12N2O4S2. The van der Waals surface area contributed by atoms with Crippen LogP contribution in [0.3, 0.4) is 0 Å². The van der Waals surface area contributed by atoms with E-state index in [-0.39, 0.29) is 11.4 Å². The van der Waals surface area contributed by atoms with Crippen LogP contribution in [0.2, 0.25) is 0 Å². The highest BCUT2D eigenvalue weighted by atomic mass is 32.2. The molecule has 0 spiro atoms. The Morgan fingerprint density at radius 1 is 0.615 bits per heavy atom. The third-order valence-electron chi connectivity index (χ3n) is 3.38. The topological polar surface area (TPSA) is 86.3 Å². The summed E-state index contributed by atoms with van der Waals surface area (Å²) in [6.07, 6.45) is 0. The maximum atomic E-state index is 11.4. The van der Waals surface area contributed by atoms with Crippen LogP contribution >= 0.6 is 23.5 Å². The van der Waals surface area contributed by atoms with E-state index in [0.717, 1.165) is 15.9 Å². The zero-order valence-corrected chi connectivity index (χ0v) is 14.9. The predicted molar refractivity (Wildman–Crippen MR) is 101 cm³/mol. The van der Waals surface area contributed by atoms with Gasteiger partial charge in [-0.2, -0.15) is 0 Å². The maximum absolute atomic E-state index is 11.4. The standard InChI is InChI=1S/C18H12N2O4S2/c21-19(22)15-11-16(20(23)24)18(26-14-9-5-2-6-10-14)12-17(15)25-13-7-3-1-4-8-13/h1-12H. The quantitative estimate of drug-likeness (QED) is 0.394. The molecule has 26 heavy (non-hydrogen) atoms. The number of hydrogen-bond donors (Lipinski definition) is 0. The fourth-order valence-electron chi connectivity index (χ4n) is 2.22. The SMILES string of the molecule is O=[N+]([O-])c1cc([N+](=O)[O-])c(Sc2ccccc2)cc1Sc1ccccc1. The lowest BCUT2D eigenvalue weighted by atomic mass is 10.3. The van der Waals surface area contributed by atoms with Gasteiger partial charge in [0.15, 0.2) is 0 Å². The third kappa shape index (κ3) is 4.22. The van der Waals surface area contributed by atoms with Crippen LogP contribution in [0.1, 0.15) is 0 Å². The fourth-order valence-corrected chi connectivity index (χ4v) is 4.22. The van der Waals surface area contributed by atoms with Gasteiger partial charge in [0, 0.05) is 9.79 Å². The van der Waals surface area contributed by atoms with Crippen molar-refractivity contribution in [3.05, 3.63) is 93.0 Å². The van der Waals surface area contributed by atoms with Crippen molar-refractivity contribution in [2.75, 3.05) is 0 Å². The second-order valence-corrected chi connectivity index (χ2v) is 7.36. The molecule has 0 bridgehead atoms. The summed E-state index contributed by atoms with van der Waals surface area (Å²) >= 11 is 2.42. The van der Waals surface area contributed by atoms with Crippen LogP contribution in [0.15, 0.2) is 92.4 Å². The first-order valence-electron chi connectivity index (χ1n) is 7.47. The van der Waals surface area contributed by atoms with Crippen molar-refractivity contribution in [3.63, 3.8) is 0 Å². The summed E-state index contributed by atoms with van der Waals surface area (Å²) in [6, 6.07) is 20.9. The van der Waals surface area contributed by atoms with Crippen LogP contribution in [-0.4, -0.2) is 9.85 Å². The molecule has 0 radical (unpaired) electrons. The molecule has 0 aromatic heterocycles. The van der Waals surface area contributed by atoms with Crippen LogP contribution in [-0.2, 0) is 0 Å². The molecule has 0 unspecified atom stereocenters. The summed E-state index contributed by atoms with van der Waals surface area (Å²) in [5.74, 6) is 0. The molecule has 3 aromatic carbocycles. The minimum absolute atomic E-state index is 0.275. The summed E-state index contributed by atoms with van der Waals surface area (Å²) in [4.78, 5) is 24.0. The molecule has 0 fully saturated rings. The molecule has 0 aliphatic rings. The average molecular weight is 384 g/mol. The number of rotatable bonds is 6. The molecule has 0 heterocycles. The number of benzene rings is 3. The summed E-state index contributed by atoms with van der Waals surface area (Å²) in [6.45, 7) is 0. The van der Waals surface area contributed by atoms with Gasteiger partial charge in [0.25, 0.3) is 11.4 Å². The first-order valence-corrected chi connectivity index (χ1v) is 9.10. The lowest BCUT2D eigenvalue weighted by molar-refractivity contribution is -0.397. The van der Waals surface area contributed by atoms with Gasteiger partial charge in [-0.15, -0.1) is 0 Å².